The van der Waals surface area contributed by atoms with Crippen LogP contribution in [-0.2, 0) is 16.0 Å². The molecular formula is C18H14N2O3. The number of nitrogens with zero attached hydrogens (tertiary/aromatic N) is 1. The Labute approximate surface area is 133 Å². The summed E-state index contributed by atoms with van der Waals surface area (Å²) >= 11 is 0. The van der Waals surface area contributed by atoms with Gasteiger partial charge >= 0.3 is 0 Å². The number of nitrogens with one attached hydrogen (secondary N) is 1. The highest BCUT2D eigenvalue weighted by Crippen LogP contribution is 2.30. The molecule has 2 heterocycles. The van der Waals surface area contributed by atoms with E-state index in [1.165, 1.54) is 0 Å². The number of ether oxygens (including phenoxy) is 1. The molecule has 0 spiro atoms. The monoisotopic (exact) mass is 306 g/mol. The first-order chi connectivity index (χ1) is 11.2. The normalized spacial score (nSPS) is 21.7. The Kier molecular flexibility index (Phi) is 3.19. The van der Waals surface area contributed by atoms with Gasteiger partial charge in [0.1, 0.15) is 5.75 Å². The molecule has 1 aromatic carbocycles. The molecule has 0 fully saturated rings. The smallest absolute Gasteiger partial charge is 0.273 e. The van der Waals surface area contributed by atoms with Crippen LogP contribution in [0.1, 0.15) is 5.56 Å². The van der Waals surface area contributed by atoms with E-state index in [4.69, 9.17) is 4.74 Å². The van der Waals surface area contributed by atoms with Gasteiger partial charge in [-0.2, -0.15) is 0 Å². The molecule has 2 aliphatic heterocycles. The maximum Gasteiger partial charge on any atom is 0.273 e. The number of fused-ring (bicyclic) bond motifs is 2. The van der Waals surface area contributed by atoms with E-state index < -0.39 is 0 Å². The van der Waals surface area contributed by atoms with E-state index in [1.54, 1.807) is 0 Å². The molecule has 23 heavy (non-hydrogen) atoms. The lowest BCUT2D eigenvalue weighted by Crippen LogP contribution is -2.25. The second-order valence-corrected chi connectivity index (χ2v) is 5.65. The van der Waals surface area contributed by atoms with Gasteiger partial charge in [-0.25, -0.2) is 4.99 Å². The van der Waals surface area contributed by atoms with Gasteiger partial charge in [-0.15, -0.1) is 0 Å². The zero-order valence-electron chi connectivity index (χ0n) is 12.3. The molecule has 114 valence electrons. The highest BCUT2D eigenvalue weighted by atomic mass is 16.5. The number of rotatable bonds is 2. The Balaban J connectivity index is 1.59. The third-order valence-electron chi connectivity index (χ3n) is 4.00. The summed E-state index contributed by atoms with van der Waals surface area (Å²) in [5.41, 5.74) is 3.03. The van der Waals surface area contributed by atoms with Crippen LogP contribution in [0.15, 0.2) is 59.1 Å². The molecule has 1 N–H and O–H groups in total. The molecule has 1 atom stereocenters. The van der Waals surface area contributed by atoms with Crippen LogP contribution in [-0.4, -0.2) is 24.1 Å². The lowest BCUT2D eigenvalue weighted by Gasteiger charge is -2.20. The summed E-state index contributed by atoms with van der Waals surface area (Å²) in [6.07, 6.45) is 10.2. The summed E-state index contributed by atoms with van der Waals surface area (Å²) < 4.78 is 5.34. The fourth-order valence-corrected chi connectivity index (χ4v) is 2.87. The Morgan fingerprint density at radius 2 is 2.17 bits per heavy atom. The van der Waals surface area contributed by atoms with E-state index in [1.807, 2.05) is 48.6 Å². The van der Waals surface area contributed by atoms with Gasteiger partial charge in [0.2, 0.25) is 0 Å². The minimum atomic E-state index is -0.200. The van der Waals surface area contributed by atoms with Gasteiger partial charge in [-0.05, 0) is 23.8 Å². The fraction of sp³-hybridized carbons (Fsp3) is 0.167. The van der Waals surface area contributed by atoms with E-state index in [2.05, 4.69) is 10.3 Å². The van der Waals surface area contributed by atoms with Crippen LogP contribution in [0.2, 0.25) is 0 Å². The van der Waals surface area contributed by atoms with Gasteiger partial charge in [0, 0.05) is 17.9 Å². The molecule has 0 saturated carbocycles. The fourth-order valence-electron chi connectivity index (χ4n) is 2.87. The Hall–Kier alpha value is -2.95. The summed E-state index contributed by atoms with van der Waals surface area (Å²) in [6.45, 7) is 0.0367. The molecule has 0 saturated heterocycles. The van der Waals surface area contributed by atoms with E-state index in [0.29, 0.717) is 23.4 Å². The van der Waals surface area contributed by atoms with Crippen LogP contribution >= 0.6 is 0 Å². The lowest BCUT2D eigenvalue weighted by molar-refractivity contribution is -0.118. The van der Waals surface area contributed by atoms with Crippen molar-refractivity contribution in [1.29, 1.82) is 0 Å². The molecule has 1 aliphatic carbocycles. The first-order valence-electron chi connectivity index (χ1n) is 7.43. The maximum atomic E-state index is 12.2. The molecule has 5 nitrogen and oxygen atoms in total. The van der Waals surface area contributed by atoms with Gasteiger partial charge in [0.05, 0.1) is 11.4 Å². The number of aliphatic imine (C=N–C) groups is 1. The highest BCUT2D eigenvalue weighted by Gasteiger charge is 2.23. The number of amides is 2. The zero-order valence-corrected chi connectivity index (χ0v) is 12.3. The molecule has 3 aliphatic rings. The van der Waals surface area contributed by atoms with Crippen molar-refractivity contribution in [2.45, 2.75) is 6.42 Å². The second-order valence-electron chi connectivity index (χ2n) is 5.65. The van der Waals surface area contributed by atoms with Crippen molar-refractivity contribution in [2.24, 2.45) is 10.9 Å². The summed E-state index contributed by atoms with van der Waals surface area (Å²) in [6, 6.07) is 5.56. The van der Waals surface area contributed by atoms with Crippen molar-refractivity contribution in [3.8, 4) is 5.75 Å². The number of allylic oxidation sites excluding steroid dienone is 5. The number of carbonyl (C=O) groups excluding carboxylic acids is 2. The number of anilines is 1. The van der Waals surface area contributed by atoms with Crippen molar-refractivity contribution in [2.75, 3.05) is 11.9 Å². The van der Waals surface area contributed by atoms with Gasteiger partial charge in [-0.1, -0.05) is 30.4 Å². The quantitative estimate of drug-likeness (QED) is 0.911. The second kappa shape index (κ2) is 5.35. The lowest BCUT2D eigenvalue weighted by atomic mass is 9.90. The Morgan fingerprint density at radius 3 is 3.09 bits per heavy atom. The highest BCUT2D eigenvalue weighted by molar-refractivity contribution is 6.13. The third-order valence-corrected chi connectivity index (χ3v) is 4.00. The van der Waals surface area contributed by atoms with Crippen molar-refractivity contribution in [3.63, 3.8) is 0 Å². The predicted octanol–water partition coefficient (Wildman–Crippen LogP) is 2.21. The average Bonchev–Trinajstić information content (AvgIpc) is 2.55. The van der Waals surface area contributed by atoms with Crippen molar-refractivity contribution in [1.82, 2.24) is 0 Å². The largest absolute Gasteiger partial charge is 0.482 e. The average molecular weight is 306 g/mol. The SMILES string of the molecule is O=C1COc2ccc(CC3=CC4C=CC=CC4=NC3=O)cc2N1. The van der Waals surface area contributed by atoms with Crippen LogP contribution in [0.5, 0.6) is 5.75 Å². The summed E-state index contributed by atoms with van der Waals surface area (Å²) in [5.74, 6) is 0.344. The molecule has 4 rings (SSSR count). The Morgan fingerprint density at radius 1 is 1.26 bits per heavy atom. The minimum Gasteiger partial charge on any atom is -0.482 e. The summed E-state index contributed by atoms with van der Waals surface area (Å²) in [5, 5.41) is 2.78. The van der Waals surface area contributed by atoms with Crippen LogP contribution in [0.4, 0.5) is 5.69 Å². The first-order valence-corrected chi connectivity index (χ1v) is 7.43. The van der Waals surface area contributed by atoms with E-state index >= 15 is 0 Å². The molecule has 2 amide bonds. The van der Waals surface area contributed by atoms with Crippen LogP contribution in [0.25, 0.3) is 0 Å². The molecule has 0 bridgehead atoms. The Bertz CT molecular complexity index is 831. The molecule has 0 aromatic heterocycles. The number of carbonyl (C=O) groups is 2. The first kappa shape index (κ1) is 13.7. The van der Waals surface area contributed by atoms with Gasteiger partial charge in [0.15, 0.2) is 6.61 Å². The molecule has 1 unspecified atom stereocenters. The van der Waals surface area contributed by atoms with Crippen molar-refractivity contribution >= 4 is 23.2 Å². The van der Waals surface area contributed by atoms with Crippen LogP contribution < -0.4 is 10.1 Å². The van der Waals surface area contributed by atoms with Gasteiger partial charge < -0.3 is 10.1 Å². The summed E-state index contributed by atoms with van der Waals surface area (Å²) in [4.78, 5) is 27.7. The van der Waals surface area contributed by atoms with Crippen molar-refractivity contribution in [3.05, 3.63) is 59.7 Å². The maximum absolute atomic E-state index is 12.2. The van der Waals surface area contributed by atoms with Crippen LogP contribution in [0.3, 0.4) is 0 Å². The zero-order chi connectivity index (χ0) is 15.8. The van der Waals surface area contributed by atoms with E-state index in [0.717, 1.165) is 11.3 Å². The standard InChI is InChI=1S/C18H14N2O3/c21-17-10-23-16-6-5-11(8-15(16)19-17)7-13-9-12-3-1-2-4-14(12)20-18(13)22/h1-6,8-9,12H,7,10H2,(H,19,21). The number of benzene rings is 1. The molecule has 1 aromatic rings. The molecule has 5 heteroatoms. The third kappa shape index (κ3) is 2.61. The topological polar surface area (TPSA) is 67.8 Å². The number of dihydropyridines is 1. The molecule has 0 radical (unpaired) electrons. The van der Waals surface area contributed by atoms with E-state index in [9.17, 15) is 9.59 Å². The van der Waals surface area contributed by atoms with Crippen molar-refractivity contribution < 1.29 is 14.3 Å². The predicted molar refractivity (Wildman–Crippen MR) is 86.6 cm³/mol. The number of hydrogen-bond acceptors (Lipinski definition) is 3. The van der Waals surface area contributed by atoms with Crippen LogP contribution in [0, 0.1) is 5.92 Å². The van der Waals surface area contributed by atoms with Gasteiger partial charge in [0.25, 0.3) is 11.8 Å². The number of hydrogen-bond donors (Lipinski definition) is 1. The summed E-state index contributed by atoms with van der Waals surface area (Å²) in [7, 11) is 0. The van der Waals surface area contributed by atoms with E-state index in [-0.39, 0.29) is 24.3 Å². The molecular weight excluding hydrogens is 292 g/mol. The van der Waals surface area contributed by atoms with Gasteiger partial charge in [-0.3, -0.25) is 9.59 Å². The minimum absolute atomic E-state index is 0.0367.